The third kappa shape index (κ3) is 2.44. The number of aromatic nitrogens is 2. The van der Waals surface area contributed by atoms with Gasteiger partial charge in [0.15, 0.2) is 0 Å². The van der Waals surface area contributed by atoms with Crippen molar-refractivity contribution in [2.45, 2.75) is 37.6 Å². The zero-order valence-corrected chi connectivity index (χ0v) is 12.5. The van der Waals surface area contributed by atoms with E-state index in [4.69, 9.17) is 0 Å². The molecule has 0 unspecified atom stereocenters. The zero-order valence-electron chi connectivity index (χ0n) is 12.5. The van der Waals surface area contributed by atoms with Gasteiger partial charge in [-0.25, -0.2) is 4.79 Å². The molecular weight excluding hydrogens is 282 g/mol. The van der Waals surface area contributed by atoms with Gasteiger partial charge in [-0.05, 0) is 31.7 Å². The summed E-state index contributed by atoms with van der Waals surface area (Å²) in [5.74, 6) is 0.584. The summed E-state index contributed by atoms with van der Waals surface area (Å²) in [6, 6.07) is 2.19. The number of urea groups is 1. The standard InChI is InChI=1S/C15H21N5O2/c21-14(13-9-12(17-18-13)10-1-2-10)19-6-3-11(4-7-19)20-8-5-16-15(20)22/h9-11H,1-8H2,(H,16,22)(H,17,18). The highest BCUT2D eigenvalue weighted by Crippen LogP contribution is 2.39. The maximum Gasteiger partial charge on any atom is 0.317 e. The highest BCUT2D eigenvalue weighted by atomic mass is 16.2. The number of carbonyl (C=O) groups excluding carboxylic acids is 2. The molecule has 4 rings (SSSR count). The summed E-state index contributed by atoms with van der Waals surface area (Å²) in [4.78, 5) is 28.0. The first kappa shape index (κ1) is 13.6. The van der Waals surface area contributed by atoms with Gasteiger partial charge in [0.2, 0.25) is 0 Å². The minimum Gasteiger partial charge on any atom is -0.337 e. The minimum atomic E-state index is 0.00692. The van der Waals surface area contributed by atoms with Crippen LogP contribution in [0.4, 0.5) is 4.79 Å². The van der Waals surface area contributed by atoms with Gasteiger partial charge in [-0.1, -0.05) is 0 Å². The fourth-order valence-electron chi connectivity index (χ4n) is 3.43. The van der Waals surface area contributed by atoms with Crippen LogP contribution in [0.1, 0.15) is 47.8 Å². The molecular formula is C15H21N5O2. The van der Waals surface area contributed by atoms with Crippen molar-refractivity contribution >= 4 is 11.9 Å². The molecule has 7 nitrogen and oxygen atoms in total. The van der Waals surface area contributed by atoms with E-state index in [1.807, 2.05) is 15.9 Å². The highest BCUT2D eigenvalue weighted by Gasteiger charge is 2.33. The van der Waals surface area contributed by atoms with Crippen LogP contribution in [0.25, 0.3) is 0 Å². The summed E-state index contributed by atoms with van der Waals surface area (Å²) in [6.45, 7) is 2.90. The SMILES string of the molecule is O=C(c1cc(C2CC2)[nH]n1)N1CCC(N2CCNC2=O)CC1. The number of aromatic amines is 1. The maximum atomic E-state index is 12.5. The van der Waals surface area contributed by atoms with E-state index in [-0.39, 0.29) is 18.0 Å². The predicted octanol–water partition coefficient (Wildman–Crippen LogP) is 0.917. The third-order valence-electron chi connectivity index (χ3n) is 4.92. The number of hydrogen-bond acceptors (Lipinski definition) is 3. The van der Waals surface area contributed by atoms with Crippen molar-refractivity contribution in [1.82, 2.24) is 25.3 Å². The quantitative estimate of drug-likeness (QED) is 0.871. The molecule has 1 saturated carbocycles. The van der Waals surface area contributed by atoms with E-state index in [1.165, 1.54) is 12.8 Å². The van der Waals surface area contributed by atoms with Gasteiger partial charge in [0.1, 0.15) is 5.69 Å². The molecule has 1 aromatic rings. The summed E-state index contributed by atoms with van der Waals surface area (Å²) < 4.78 is 0. The van der Waals surface area contributed by atoms with Gasteiger partial charge in [-0.2, -0.15) is 5.10 Å². The molecule has 118 valence electrons. The Kier molecular flexibility index (Phi) is 3.28. The molecule has 0 aromatic carbocycles. The Morgan fingerprint density at radius 3 is 2.59 bits per heavy atom. The van der Waals surface area contributed by atoms with E-state index in [0.29, 0.717) is 24.7 Å². The molecule has 0 bridgehead atoms. The van der Waals surface area contributed by atoms with Crippen LogP contribution in [0, 0.1) is 0 Å². The number of nitrogens with zero attached hydrogens (tertiary/aromatic N) is 3. The Labute approximate surface area is 129 Å². The molecule has 22 heavy (non-hydrogen) atoms. The molecule has 1 aromatic heterocycles. The summed E-state index contributed by atoms with van der Waals surface area (Å²) in [7, 11) is 0. The lowest BCUT2D eigenvalue weighted by atomic mass is 10.0. The molecule has 1 aliphatic carbocycles. The second kappa shape index (κ2) is 5.30. The zero-order chi connectivity index (χ0) is 15.1. The summed E-state index contributed by atoms with van der Waals surface area (Å²) in [6.07, 6.45) is 4.08. The van der Waals surface area contributed by atoms with E-state index in [9.17, 15) is 9.59 Å². The van der Waals surface area contributed by atoms with Crippen molar-refractivity contribution in [3.05, 3.63) is 17.5 Å². The van der Waals surface area contributed by atoms with Crippen molar-refractivity contribution in [1.29, 1.82) is 0 Å². The maximum absolute atomic E-state index is 12.5. The van der Waals surface area contributed by atoms with Crippen LogP contribution in [0.2, 0.25) is 0 Å². The molecule has 3 amide bonds. The second-order valence-corrected chi connectivity index (χ2v) is 6.43. The number of likely N-dealkylation sites (tertiary alicyclic amines) is 1. The number of hydrogen-bond donors (Lipinski definition) is 2. The monoisotopic (exact) mass is 303 g/mol. The van der Waals surface area contributed by atoms with Gasteiger partial charge in [-0.3, -0.25) is 9.89 Å². The molecule has 2 saturated heterocycles. The van der Waals surface area contributed by atoms with Gasteiger partial charge in [-0.15, -0.1) is 0 Å². The van der Waals surface area contributed by atoms with Gasteiger partial charge < -0.3 is 15.1 Å². The molecule has 3 heterocycles. The van der Waals surface area contributed by atoms with Gasteiger partial charge in [0.05, 0.1) is 0 Å². The first-order valence-electron chi connectivity index (χ1n) is 8.11. The fourth-order valence-corrected chi connectivity index (χ4v) is 3.43. The third-order valence-corrected chi connectivity index (χ3v) is 4.92. The normalized spacial score (nSPS) is 23.0. The second-order valence-electron chi connectivity index (χ2n) is 6.43. The number of H-pyrrole nitrogens is 1. The molecule has 0 atom stereocenters. The van der Waals surface area contributed by atoms with Gasteiger partial charge in [0, 0.05) is 43.8 Å². The van der Waals surface area contributed by atoms with Gasteiger partial charge >= 0.3 is 6.03 Å². The Hall–Kier alpha value is -2.05. The lowest BCUT2D eigenvalue weighted by molar-refractivity contribution is 0.0660. The first-order chi connectivity index (χ1) is 10.7. The number of carbonyl (C=O) groups is 2. The summed E-state index contributed by atoms with van der Waals surface area (Å²) in [5, 5.41) is 10.00. The lowest BCUT2D eigenvalue weighted by Crippen LogP contribution is -2.47. The predicted molar refractivity (Wildman–Crippen MR) is 79.6 cm³/mol. The number of amides is 3. The van der Waals surface area contributed by atoms with Gasteiger partial charge in [0.25, 0.3) is 5.91 Å². The topological polar surface area (TPSA) is 81.3 Å². The molecule has 3 fully saturated rings. The molecule has 0 spiro atoms. The van der Waals surface area contributed by atoms with Crippen LogP contribution in [0.15, 0.2) is 6.07 Å². The lowest BCUT2D eigenvalue weighted by Gasteiger charge is -2.35. The smallest absolute Gasteiger partial charge is 0.317 e. The Balaban J connectivity index is 1.36. The van der Waals surface area contributed by atoms with Crippen LogP contribution in [0.3, 0.4) is 0 Å². The Bertz CT molecular complexity index is 587. The Morgan fingerprint density at radius 1 is 1.18 bits per heavy atom. The largest absolute Gasteiger partial charge is 0.337 e. The van der Waals surface area contributed by atoms with E-state index in [0.717, 1.165) is 31.6 Å². The Morgan fingerprint density at radius 2 is 1.95 bits per heavy atom. The van der Waals surface area contributed by atoms with Crippen LogP contribution in [-0.4, -0.2) is 64.2 Å². The number of nitrogens with one attached hydrogen (secondary N) is 2. The minimum absolute atomic E-state index is 0.00692. The number of piperidine rings is 1. The molecule has 2 N–H and O–H groups in total. The average Bonchev–Trinajstić information content (AvgIpc) is 3.12. The number of rotatable bonds is 3. The van der Waals surface area contributed by atoms with Crippen molar-refractivity contribution in [2.24, 2.45) is 0 Å². The van der Waals surface area contributed by atoms with Crippen LogP contribution in [-0.2, 0) is 0 Å². The summed E-state index contributed by atoms with van der Waals surface area (Å²) in [5.41, 5.74) is 1.62. The van der Waals surface area contributed by atoms with Crippen LogP contribution < -0.4 is 5.32 Å². The summed E-state index contributed by atoms with van der Waals surface area (Å²) >= 11 is 0. The van der Waals surface area contributed by atoms with E-state index in [1.54, 1.807) is 0 Å². The van der Waals surface area contributed by atoms with Crippen molar-refractivity contribution in [2.75, 3.05) is 26.2 Å². The average molecular weight is 303 g/mol. The van der Waals surface area contributed by atoms with Crippen molar-refractivity contribution in [3.63, 3.8) is 0 Å². The highest BCUT2D eigenvalue weighted by molar-refractivity contribution is 5.92. The molecule has 0 radical (unpaired) electrons. The van der Waals surface area contributed by atoms with Crippen LogP contribution in [0.5, 0.6) is 0 Å². The molecule has 2 aliphatic heterocycles. The molecule has 3 aliphatic rings. The van der Waals surface area contributed by atoms with E-state index >= 15 is 0 Å². The van der Waals surface area contributed by atoms with Crippen molar-refractivity contribution in [3.8, 4) is 0 Å². The molecule has 7 heteroatoms. The van der Waals surface area contributed by atoms with E-state index < -0.39 is 0 Å². The fraction of sp³-hybridized carbons (Fsp3) is 0.667. The van der Waals surface area contributed by atoms with E-state index in [2.05, 4.69) is 15.5 Å². The first-order valence-corrected chi connectivity index (χ1v) is 8.11. The van der Waals surface area contributed by atoms with Crippen LogP contribution >= 0.6 is 0 Å². The van der Waals surface area contributed by atoms with Crippen molar-refractivity contribution < 1.29 is 9.59 Å².